The van der Waals surface area contributed by atoms with Gasteiger partial charge in [-0.25, -0.2) is 9.78 Å². The van der Waals surface area contributed by atoms with Crippen molar-refractivity contribution in [1.82, 2.24) is 20.3 Å². The molecule has 2 aromatic carbocycles. The number of hydrogen-bond acceptors (Lipinski definition) is 4. The first-order valence-electron chi connectivity index (χ1n) is 9.18. The van der Waals surface area contributed by atoms with Gasteiger partial charge in [0, 0.05) is 35.0 Å². The molecule has 31 heavy (non-hydrogen) atoms. The zero-order valence-electron chi connectivity index (χ0n) is 15.7. The molecule has 0 bridgehead atoms. The van der Waals surface area contributed by atoms with Crippen LogP contribution in [-0.4, -0.2) is 38.0 Å². The number of fused-ring (bicyclic) bond motifs is 1. The van der Waals surface area contributed by atoms with Crippen molar-refractivity contribution in [3.8, 4) is 11.4 Å². The highest BCUT2D eigenvalue weighted by Crippen LogP contribution is 2.21. The largest absolute Gasteiger partial charge is 0.480 e. The Morgan fingerprint density at radius 3 is 2.45 bits per heavy atom. The summed E-state index contributed by atoms with van der Waals surface area (Å²) in [7, 11) is 0. The molecule has 8 heteroatoms. The van der Waals surface area contributed by atoms with E-state index in [1.165, 1.54) is 0 Å². The van der Waals surface area contributed by atoms with Gasteiger partial charge in [0.2, 0.25) is 0 Å². The van der Waals surface area contributed by atoms with E-state index in [-0.39, 0.29) is 13.8 Å². The van der Waals surface area contributed by atoms with E-state index in [1.807, 2.05) is 12.1 Å². The zero-order chi connectivity index (χ0) is 21.1. The maximum atomic E-state index is 12.7. The summed E-state index contributed by atoms with van der Waals surface area (Å²) in [5.74, 6) is -0.921. The van der Waals surface area contributed by atoms with Crippen LogP contribution in [0.2, 0.25) is 5.02 Å². The fourth-order valence-electron chi connectivity index (χ4n) is 3.10. The van der Waals surface area contributed by atoms with Crippen LogP contribution in [0.4, 0.5) is 0 Å². The van der Waals surface area contributed by atoms with Gasteiger partial charge in [-0.15, -0.1) is 0 Å². The Bertz CT molecular complexity index is 1210. The van der Waals surface area contributed by atoms with Crippen LogP contribution in [0.15, 0.2) is 67.0 Å². The highest BCUT2D eigenvalue weighted by atomic mass is 35.5. The van der Waals surface area contributed by atoms with Gasteiger partial charge in [-0.3, -0.25) is 9.78 Å². The number of carbonyl (C=O) groups is 2. The number of halogens is 1. The fourth-order valence-corrected chi connectivity index (χ4v) is 3.22. The molecule has 0 fully saturated rings. The third-order valence-corrected chi connectivity index (χ3v) is 4.91. The maximum Gasteiger partial charge on any atom is 0.326 e. The maximum absolute atomic E-state index is 12.7. The van der Waals surface area contributed by atoms with Gasteiger partial charge in [0.15, 0.2) is 0 Å². The molecule has 158 valence electrons. The summed E-state index contributed by atoms with van der Waals surface area (Å²) in [5.41, 5.74) is 3.36. The van der Waals surface area contributed by atoms with E-state index >= 15 is 0 Å². The van der Waals surface area contributed by atoms with E-state index in [1.54, 1.807) is 54.9 Å². The van der Waals surface area contributed by atoms with E-state index in [0.717, 1.165) is 11.1 Å². The van der Waals surface area contributed by atoms with Gasteiger partial charge >= 0.3 is 5.97 Å². The Hall–Kier alpha value is -3.71. The van der Waals surface area contributed by atoms with Crippen molar-refractivity contribution in [2.45, 2.75) is 19.9 Å². The minimum absolute atomic E-state index is 0. The van der Waals surface area contributed by atoms with Crippen LogP contribution < -0.4 is 5.32 Å². The van der Waals surface area contributed by atoms with Crippen molar-refractivity contribution >= 4 is 34.5 Å². The number of hydrogen-bond donors (Lipinski definition) is 3. The van der Waals surface area contributed by atoms with E-state index < -0.39 is 17.9 Å². The number of amides is 1. The van der Waals surface area contributed by atoms with Crippen molar-refractivity contribution in [2.75, 3.05) is 0 Å². The average molecular weight is 437 g/mol. The van der Waals surface area contributed by atoms with Crippen molar-refractivity contribution in [2.24, 2.45) is 0 Å². The predicted octanol–water partition coefficient (Wildman–Crippen LogP) is 4.34. The number of carboxylic acid groups (broad SMARTS) is 1. The molecule has 7 nitrogen and oxygen atoms in total. The molecule has 0 aliphatic heterocycles. The molecule has 0 aliphatic carbocycles. The minimum Gasteiger partial charge on any atom is -0.480 e. The van der Waals surface area contributed by atoms with Gasteiger partial charge < -0.3 is 15.4 Å². The number of rotatable bonds is 6. The van der Waals surface area contributed by atoms with Crippen LogP contribution in [-0.2, 0) is 11.2 Å². The highest BCUT2D eigenvalue weighted by molar-refractivity contribution is 6.30. The van der Waals surface area contributed by atoms with Crippen molar-refractivity contribution in [3.63, 3.8) is 0 Å². The van der Waals surface area contributed by atoms with Crippen LogP contribution in [0.3, 0.4) is 0 Å². The number of aromatic amines is 1. The summed E-state index contributed by atoms with van der Waals surface area (Å²) in [5, 5.41) is 12.7. The van der Waals surface area contributed by atoms with E-state index in [0.29, 0.717) is 27.4 Å². The van der Waals surface area contributed by atoms with E-state index in [9.17, 15) is 14.7 Å². The van der Waals surface area contributed by atoms with Crippen LogP contribution in [0.1, 0.15) is 23.3 Å². The molecule has 4 aromatic rings. The second kappa shape index (κ2) is 9.40. The molecule has 1 amide bonds. The Labute approximate surface area is 184 Å². The number of nitrogens with one attached hydrogen (secondary N) is 2. The Kier molecular flexibility index (Phi) is 6.67. The lowest BCUT2D eigenvalue weighted by molar-refractivity contribution is -0.139. The number of carbonyl (C=O) groups excluding carboxylic acids is 1. The van der Waals surface area contributed by atoms with Crippen LogP contribution >= 0.6 is 11.6 Å². The third kappa shape index (κ3) is 5.07. The Balaban J connectivity index is 0.00000272. The van der Waals surface area contributed by atoms with Crippen LogP contribution in [0.25, 0.3) is 22.4 Å². The van der Waals surface area contributed by atoms with Crippen molar-refractivity contribution in [3.05, 3.63) is 83.1 Å². The lowest BCUT2D eigenvalue weighted by Gasteiger charge is -2.15. The molecule has 0 saturated heterocycles. The fraction of sp³-hybridized carbons (Fsp3) is 0.130. The van der Waals surface area contributed by atoms with Gasteiger partial charge in [0.05, 0.1) is 11.0 Å². The number of carboxylic acids is 1. The summed E-state index contributed by atoms with van der Waals surface area (Å²) >= 11 is 5.87. The quantitative estimate of drug-likeness (QED) is 0.416. The zero-order valence-corrected chi connectivity index (χ0v) is 16.4. The second-order valence-electron chi connectivity index (χ2n) is 6.75. The molecule has 4 rings (SSSR count). The normalized spacial score (nSPS) is 11.5. The van der Waals surface area contributed by atoms with Gasteiger partial charge in [0.1, 0.15) is 11.9 Å². The number of aliphatic carboxylic acids is 1. The Morgan fingerprint density at radius 1 is 1.06 bits per heavy atom. The first-order chi connectivity index (χ1) is 14.5. The first-order valence-corrected chi connectivity index (χ1v) is 9.55. The van der Waals surface area contributed by atoms with Crippen molar-refractivity contribution in [1.29, 1.82) is 0 Å². The van der Waals surface area contributed by atoms with Crippen molar-refractivity contribution < 1.29 is 14.7 Å². The number of H-pyrrole nitrogens is 1. The number of imidazole rings is 1. The van der Waals surface area contributed by atoms with E-state index in [4.69, 9.17) is 11.6 Å². The lowest BCUT2D eigenvalue weighted by atomic mass is 10.1. The molecule has 2 aromatic heterocycles. The Morgan fingerprint density at radius 2 is 1.77 bits per heavy atom. The molecule has 0 spiro atoms. The van der Waals surface area contributed by atoms with E-state index in [2.05, 4.69) is 20.3 Å². The third-order valence-electron chi connectivity index (χ3n) is 4.65. The molecule has 0 radical (unpaired) electrons. The standard InChI is InChI=1S/C22H17ClN4O3.CH4/c23-16-4-1-13(2-5-16)11-19(22(29)30)27-21(28)15-3-6-17-18(12-15)26-20(25-17)14-7-9-24-10-8-14;/h1-10,12,19H,11H2,(H,25,26)(H,27,28)(H,29,30);1H4/t19-;/m1./s1. The second-order valence-corrected chi connectivity index (χ2v) is 7.18. The number of benzene rings is 2. The highest BCUT2D eigenvalue weighted by Gasteiger charge is 2.21. The smallest absolute Gasteiger partial charge is 0.326 e. The predicted molar refractivity (Wildman–Crippen MR) is 120 cm³/mol. The summed E-state index contributed by atoms with van der Waals surface area (Å²) in [6.07, 6.45) is 3.50. The summed E-state index contributed by atoms with van der Waals surface area (Å²) in [6.45, 7) is 0. The summed E-state index contributed by atoms with van der Waals surface area (Å²) in [6, 6.07) is 14.4. The molecular formula is C23H21ClN4O3. The topological polar surface area (TPSA) is 108 Å². The molecule has 2 heterocycles. The summed E-state index contributed by atoms with van der Waals surface area (Å²) in [4.78, 5) is 36.0. The first kappa shape index (κ1) is 22.0. The SMILES string of the molecule is C.O=C(N[C@H](Cc1ccc(Cl)cc1)C(=O)O)c1ccc2nc(-c3ccncc3)[nH]c2c1. The molecule has 0 aliphatic rings. The monoisotopic (exact) mass is 436 g/mol. The van der Waals surface area contributed by atoms with Gasteiger partial charge in [0.25, 0.3) is 5.91 Å². The molecule has 0 saturated carbocycles. The minimum atomic E-state index is -1.11. The lowest BCUT2D eigenvalue weighted by Crippen LogP contribution is -2.42. The summed E-state index contributed by atoms with van der Waals surface area (Å²) < 4.78 is 0. The molecule has 0 unspecified atom stereocenters. The molecule has 1 atom stereocenters. The molecule has 3 N–H and O–H groups in total. The van der Waals surface area contributed by atoms with Crippen LogP contribution in [0, 0.1) is 0 Å². The number of nitrogens with zero attached hydrogens (tertiary/aromatic N) is 2. The van der Waals surface area contributed by atoms with Crippen LogP contribution in [0.5, 0.6) is 0 Å². The van der Waals surface area contributed by atoms with Gasteiger partial charge in [-0.05, 0) is 48.0 Å². The molecular weight excluding hydrogens is 416 g/mol. The average Bonchev–Trinajstić information content (AvgIpc) is 3.18. The van der Waals surface area contributed by atoms with Gasteiger partial charge in [-0.1, -0.05) is 31.2 Å². The van der Waals surface area contributed by atoms with Gasteiger partial charge in [-0.2, -0.15) is 0 Å². The number of pyridine rings is 1. The number of aromatic nitrogens is 3.